The van der Waals surface area contributed by atoms with E-state index in [0.29, 0.717) is 22.2 Å². The second-order valence-corrected chi connectivity index (χ2v) is 4.94. The van der Waals surface area contributed by atoms with E-state index in [1.54, 1.807) is 31.3 Å². The summed E-state index contributed by atoms with van der Waals surface area (Å²) < 4.78 is 0.844. The maximum absolute atomic E-state index is 12.0. The van der Waals surface area contributed by atoms with Gasteiger partial charge in [-0.1, -0.05) is 27.5 Å². The summed E-state index contributed by atoms with van der Waals surface area (Å²) in [6, 6.07) is 6.68. The number of nitrogens with zero attached hydrogens (tertiary/aromatic N) is 2. The molecule has 0 aliphatic heterocycles. The fraction of sp³-hybridized carbons (Fsp3) is 0.0833. The topological polar surface area (TPSA) is 54.9 Å². The van der Waals surface area contributed by atoms with Gasteiger partial charge in [0.05, 0.1) is 0 Å². The number of carbonyl (C=O) groups is 1. The van der Waals surface area contributed by atoms with Gasteiger partial charge in [0.2, 0.25) is 0 Å². The molecular weight excluding hydrogens is 318 g/mol. The average Bonchev–Trinajstić information content (AvgIpc) is 2.27. The van der Waals surface area contributed by atoms with Gasteiger partial charge in [-0.3, -0.25) is 4.79 Å². The lowest BCUT2D eigenvalue weighted by Crippen LogP contribution is -2.13. The van der Waals surface area contributed by atoms with E-state index in [1.807, 2.05) is 0 Å². The van der Waals surface area contributed by atoms with E-state index in [2.05, 4.69) is 31.2 Å². The molecule has 0 fully saturated rings. The molecule has 0 saturated heterocycles. The Hall–Kier alpha value is -1.46. The second-order valence-electron chi connectivity index (χ2n) is 3.63. The van der Waals surface area contributed by atoms with Crippen LogP contribution >= 0.6 is 27.5 Å². The Kier molecular flexibility index (Phi) is 3.93. The summed E-state index contributed by atoms with van der Waals surface area (Å²) in [4.78, 5) is 20.0. The van der Waals surface area contributed by atoms with Crippen LogP contribution in [0.15, 0.2) is 34.9 Å². The molecule has 0 saturated carbocycles. The van der Waals surface area contributed by atoms with Crippen LogP contribution < -0.4 is 5.32 Å². The van der Waals surface area contributed by atoms with Crippen molar-refractivity contribution in [1.29, 1.82) is 0 Å². The molecule has 18 heavy (non-hydrogen) atoms. The molecular formula is C12H9BrClN3O. The van der Waals surface area contributed by atoms with E-state index in [-0.39, 0.29) is 5.91 Å². The zero-order chi connectivity index (χ0) is 13.1. The molecule has 2 aromatic heterocycles. The van der Waals surface area contributed by atoms with Crippen LogP contribution in [0.1, 0.15) is 16.1 Å². The van der Waals surface area contributed by atoms with E-state index in [0.717, 1.165) is 4.47 Å². The van der Waals surface area contributed by atoms with Crippen molar-refractivity contribution in [3.05, 3.63) is 51.3 Å². The Morgan fingerprint density at radius 2 is 2.17 bits per heavy atom. The van der Waals surface area contributed by atoms with E-state index in [9.17, 15) is 4.79 Å². The van der Waals surface area contributed by atoms with Crippen molar-refractivity contribution in [3.63, 3.8) is 0 Å². The normalized spacial score (nSPS) is 10.2. The maximum atomic E-state index is 12.0. The predicted octanol–water partition coefficient (Wildman–Crippen LogP) is 3.45. The molecule has 92 valence electrons. The SMILES string of the molecule is Cc1cc(C(=O)Nc2cc(Br)ccn2)cc(Cl)n1. The number of hydrogen-bond donors (Lipinski definition) is 1. The molecule has 0 bridgehead atoms. The number of carbonyl (C=O) groups excluding carboxylic acids is 1. The van der Waals surface area contributed by atoms with Crippen molar-refractivity contribution in [3.8, 4) is 0 Å². The van der Waals surface area contributed by atoms with Crippen LogP contribution in [0.3, 0.4) is 0 Å². The van der Waals surface area contributed by atoms with E-state index in [1.165, 1.54) is 6.07 Å². The van der Waals surface area contributed by atoms with Gasteiger partial charge in [-0.05, 0) is 31.2 Å². The first kappa shape index (κ1) is 13.0. The minimum Gasteiger partial charge on any atom is -0.307 e. The molecule has 2 rings (SSSR count). The van der Waals surface area contributed by atoms with Crippen molar-refractivity contribution in [2.45, 2.75) is 6.92 Å². The molecule has 2 heterocycles. The maximum Gasteiger partial charge on any atom is 0.256 e. The Morgan fingerprint density at radius 3 is 2.83 bits per heavy atom. The van der Waals surface area contributed by atoms with Gasteiger partial charge >= 0.3 is 0 Å². The third-order valence-electron chi connectivity index (χ3n) is 2.15. The number of aryl methyl sites for hydroxylation is 1. The van der Waals surface area contributed by atoms with Gasteiger partial charge in [-0.2, -0.15) is 0 Å². The van der Waals surface area contributed by atoms with Crippen molar-refractivity contribution >= 4 is 39.3 Å². The van der Waals surface area contributed by atoms with Crippen LogP contribution in [0.25, 0.3) is 0 Å². The Bertz CT molecular complexity index is 583. The number of amides is 1. The molecule has 4 nitrogen and oxygen atoms in total. The molecule has 0 radical (unpaired) electrons. The van der Waals surface area contributed by atoms with Crippen LogP contribution in [0.5, 0.6) is 0 Å². The number of pyridine rings is 2. The standard InChI is InChI=1S/C12H9BrClN3O/c1-7-4-8(5-10(14)16-7)12(18)17-11-6-9(13)2-3-15-11/h2-6H,1H3,(H,15,17,18). The fourth-order valence-corrected chi connectivity index (χ4v) is 2.01. The largest absolute Gasteiger partial charge is 0.307 e. The van der Waals surface area contributed by atoms with E-state index >= 15 is 0 Å². The first-order valence-electron chi connectivity index (χ1n) is 5.12. The quantitative estimate of drug-likeness (QED) is 0.860. The number of aromatic nitrogens is 2. The van der Waals surface area contributed by atoms with Crippen LogP contribution in [0.2, 0.25) is 5.15 Å². The van der Waals surface area contributed by atoms with Crippen LogP contribution in [-0.2, 0) is 0 Å². The van der Waals surface area contributed by atoms with Gasteiger partial charge in [-0.25, -0.2) is 9.97 Å². The Balaban J connectivity index is 2.22. The molecule has 1 N–H and O–H groups in total. The zero-order valence-electron chi connectivity index (χ0n) is 9.45. The van der Waals surface area contributed by atoms with Crippen molar-refractivity contribution < 1.29 is 4.79 Å². The number of halogens is 2. The van der Waals surface area contributed by atoms with Gasteiger partial charge in [0, 0.05) is 21.9 Å². The molecule has 2 aromatic rings. The lowest BCUT2D eigenvalue weighted by Gasteiger charge is -2.05. The zero-order valence-corrected chi connectivity index (χ0v) is 11.8. The Labute approximate surface area is 118 Å². The third-order valence-corrected chi connectivity index (χ3v) is 2.83. The predicted molar refractivity (Wildman–Crippen MR) is 73.9 cm³/mol. The van der Waals surface area contributed by atoms with E-state index < -0.39 is 0 Å². The minimum absolute atomic E-state index is 0.270. The molecule has 6 heteroatoms. The monoisotopic (exact) mass is 325 g/mol. The van der Waals surface area contributed by atoms with Crippen LogP contribution in [-0.4, -0.2) is 15.9 Å². The molecule has 0 aliphatic carbocycles. The van der Waals surface area contributed by atoms with E-state index in [4.69, 9.17) is 11.6 Å². The first-order chi connectivity index (χ1) is 8.54. The van der Waals surface area contributed by atoms with Gasteiger partial charge in [0.15, 0.2) is 0 Å². The number of rotatable bonds is 2. The highest BCUT2D eigenvalue weighted by Gasteiger charge is 2.09. The summed E-state index contributed by atoms with van der Waals surface area (Å²) in [7, 11) is 0. The molecule has 0 aromatic carbocycles. The molecule has 0 spiro atoms. The highest BCUT2D eigenvalue weighted by Crippen LogP contribution is 2.15. The molecule has 0 unspecified atom stereocenters. The summed E-state index contributed by atoms with van der Waals surface area (Å²) in [5, 5.41) is 2.98. The highest BCUT2D eigenvalue weighted by atomic mass is 79.9. The number of nitrogens with one attached hydrogen (secondary N) is 1. The summed E-state index contributed by atoms with van der Waals surface area (Å²) in [5.74, 6) is 0.202. The highest BCUT2D eigenvalue weighted by molar-refractivity contribution is 9.10. The summed E-state index contributed by atoms with van der Waals surface area (Å²) in [6.45, 7) is 1.78. The lowest BCUT2D eigenvalue weighted by atomic mass is 10.2. The molecule has 1 amide bonds. The van der Waals surface area contributed by atoms with Gasteiger partial charge in [0.1, 0.15) is 11.0 Å². The van der Waals surface area contributed by atoms with Crippen molar-refractivity contribution in [2.75, 3.05) is 5.32 Å². The average molecular weight is 327 g/mol. The smallest absolute Gasteiger partial charge is 0.256 e. The summed E-state index contributed by atoms with van der Waals surface area (Å²) >= 11 is 9.12. The summed E-state index contributed by atoms with van der Waals surface area (Å²) in [5.41, 5.74) is 1.14. The summed E-state index contributed by atoms with van der Waals surface area (Å²) in [6.07, 6.45) is 1.60. The minimum atomic E-state index is -0.270. The van der Waals surface area contributed by atoms with Crippen LogP contribution in [0.4, 0.5) is 5.82 Å². The molecule has 0 aliphatic rings. The van der Waals surface area contributed by atoms with Gasteiger partial charge in [0.25, 0.3) is 5.91 Å². The second kappa shape index (κ2) is 5.46. The third kappa shape index (κ3) is 3.27. The Morgan fingerprint density at radius 1 is 1.39 bits per heavy atom. The first-order valence-corrected chi connectivity index (χ1v) is 6.29. The number of anilines is 1. The van der Waals surface area contributed by atoms with Crippen molar-refractivity contribution in [2.24, 2.45) is 0 Å². The number of hydrogen-bond acceptors (Lipinski definition) is 3. The molecule has 0 atom stereocenters. The van der Waals surface area contributed by atoms with Crippen LogP contribution in [0, 0.1) is 6.92 Å². The van der Waals surface area contributed by atoms with Gasteiger partial charge in [-0.15, -0.1) is 0 Å². The fourth-order valence-electron chi connectivity index (χ4n) is 1.42. The van der Waals surface area contributed by atoms with Gasteiger partial charge < -0.3 is 5.32 Å². The lowest BCUT2D eigenvalue weighted by molar-refractivity contribution is 0.102. The van der Waals surface area contributed by atoms with Crippen molar-refractivity contribution in [1.82, 2.24) is 9.97 Å².